The summed E-state index contributed by atoms with van der Waals surface area (Å²) in [5, 5.41) is 0. The molecular formula is C15H20FNO4S. The molecule has 0 saturated carbocycles. The third-order valence-electron chi connectivity index (χ3n) is 4.36. The van der Waals surface area contributed by atoms with E-state index in [9.17, 15) is 12.8 Å². The van der Waals surface area contributed by atoms with Crippen LogP contribution in [0, 0.1) is 5.82 Å². The van der Waals surface area contributed by atoms with E-state index in [0.717, 1.165) is 12.8 Å². The van der Waals surface area contributed by atoms with Gasteiger partial charge in [0.15, 0.2) is 0 Å². The zero-order chi connectivity index (χ0) is 15.7. The predicted molar refractivity (Wildman–Crippen MR) is 78.5 cm³/mol. The Kier molecular flexibility index (Phi) is 4.49. The van der Waals surface area contributed by atoms with Crippen molar-refractivity contribution in [1.82, 2.24) is 4.31 Å². The molecule has 5 nitrogen and oxygen atoms in total. The summed E-state index contributed by atoms with van der Waals surface area (Å²) < 4.78 is 51.0. The van der Waals surface area contributed by atoms with Crippen molar-refractivity contribution in [3.63, 3.8) is 0 Å². The number of sulfonamides is 1. The first kappa shape index (κ1) is 15.9. The lowest BCUT2D eigenvalue weighted by molar-refractivity contribution is -0.0872. The predicted octanol–water partition coefficient (Wildman–Crippen LogP) is 1.78. The number of nitrogens with zero attached hydrogens (tertiary/aromatic N) is 1. The van der Waals surface area contributed by atoms with E-state index in [-0.39, 0.29) is 23.1 Å². The molecule has 1 aromatic carbocycles. The molecule has 122 valence electrons. The van der Waals surface area contributed by atoms with E-state index in [2.05, 4.69) is 0 Å². The van der Waals surface area contributed by atoms with E-state index in [4.69, 9.17) is 9.47 Å². The molecule has 0 unspecified atom stereocenters. The summed E-state index contributed by atoms with van der Waals surface area (Å²) in [5.41, 5.74) is 0. The maximum absolute atomic E-state index is 13.0. The average Bonchev–Trinajstić information content (AvgIpc) is 2.92. The summed E-state index contributed by atoms with van der Waals surface area (Å²) >= 11 is 0. The maximum Gasteiger partial charge on any atom is 0.243 e. The monoisotopic (exact) mass is 329 g/mol. The molecule has 2 saturated heterocycles. The molecule has 2 aliphatic heterocycles. The number of fused-ring (bicyclic) bond motifs is 1. The number of halogens is 1. The van der Waals surface area contributed by atoms with Crippen LogP contribution in [0.1, 0.15) is 19.3 Å². The van der Waals surface area contributed by atoms with Gasteiger partial charge in [0, 0.05) is 13.7 Å². The minimum atomic E-state index is -3.60. The number of rotatable bonds is 4. The van der Waals surface area contributed by atoms with Gasteiger partial charge in [0.1, 0.15) is 5.82 Å². The second-order valence-corrected chi connectivity index (χ2v) is 7.65. The Bertz CT molecular complexity index is 619. The summed E-state index contributed by atoms with van der Waals surface area (Å²) in [5.74, 6) is -0.443. The molecule has 22 heavy (non-hydrogen) atoms. The van der Waals surface area contributed by atoms with Gasteiger partial charge in [-0.2, -0.15) is 4.31 Å². The highest BCUT2D eigenvalue weighted by Crippen LogP contribution is 2.35. The van der Waals surface area contributed by atoms with Crippen LogP contribution in [0.25, 0.3) is 0 Å². The molecule has 0 aromatic heterocycles. The third kappa shape index (κ3) is 2.90. The van der Waals surface area contributed by atoms with Gasteiger partial charge in [-0.05, 0) is 43.5 Å². The minimum absolute atomic E-state index is 0.0414. The smallest absolute Gasteiger partial charge is 0.243 e. The first-order valence-corrected chi connectivity index (χ1v) is 8.88. The molecule has 2 fully saturated rings. The van der Waals surface area contributed by atoms with Crippen molar-refractivity contribution in [2.45, 2.75) is 42.4 Å². The zero-order valence-electron chi connectivity index (χ0n) is 12.4. The van der Waals surface area contributed by atoms with Crippen LogP contribution >= 0.6 is 0 Å². The van der Waals surface area contributed by atoms with Crippen molar-refractivity contribution in [1.29, 1.82) is 0 Å². The van der Waals surface area contributed by atoms with Crippen LogP contribution in [0.15, 0.2) is 29.2 Å². The lowest BCUT2D eigenvalue weighted by Crippen LogP contribution is -2.45. The lowest BCUT2D eigenvalue weighted by Gasteiger charge is -2.35. The summed E-state index contributed by atoms with van der Waals surface area (Å²) in [6.45, 7) is 0.975. The van der Waals surface area contributed by atoms with Crippen LogP contribution in [0.5, 0.6) is 0 Å². The van der Waals surface area contributed by atoms with Crippen molar-refractivity contribution in [2.24, 2.45) is 0 Å². The van der Waals surface area contributed by atoms with Crippen LogP contribution in [0.3, 0.4) is 0 Å². The minimum Gasteiger partial charge on any atom is -0.382 e. The van der Waals surface area contributed by atoms with Gasteiger partial charge in [-0.15, -0.1) is 0 Å². The van der Waals surface area contributed by atoms with Crippen molar-refractivity contribution >= 4 is 10.0 Å². The zero-order valence-corrected chi connectivity index (χ0v) is 13.3. The fourth-order valence-corrected chi connectivity index (χ4v) is 5.00. The van der Waals surface area contributed by atoms with Gasteiger partial charge in [0.05, 0.1) is 29.8 Å². The molecule has 0 radical (unpaired) electrons. The highest BCUT2D eigenvalue weighted by Gasteiger charge is 2.45. The van der Waals surface area contributed by atoms with Crippen LogP contribution < -0.4 is 0 Å². The van der Waals surface area contributed by atoms with E-state index in [1.807, 2.05) is 0 Å². The number of methoxy groups -OCH3 is 1. The van der Waals surface area contributed by atoms with Crippen LogP contribution in [0.2, 0.25) is 0 Å². The molecule has 3 rings (SSSR count). The van der Waals surface area contributed by atoms with Crippen molar-refractivity contribution in [3.05, 3.63) is 30.1 Å². The van der Waals surface area contributed by atoms with Gasteiger partial charge >= 0.3 is 0 Å². The maximum atomic E-state index is 13.0. The molecular weight excluding hydrogens is 309 g/mol. The topological polar surface area (TPSA) is 55.8 Å². The second kappa shape index (κ2) is 6.23. The first-order valence-electron chi connectivity index (χ1n) is 7.44. The molecule has 0 N–H and O–H groups in total. The van der Waals surface area contributed by atoms with E-state index >= 15 is 0 Å². The summed E-state index contributed by atoms with van der Waals surface area (Å²) in [6.07, 6.45) is 2.19. The van der Waals surface area contributed by atoms with Gasteiger partial charge < -0.3 is 9.47 Å². The normalized spacial score (nSPS) is 29.5. The second-order valence-electron chi connectivity index (χ2n) is 5.75. The Morgan fingerprint density at radius 2 is 2.00 bits per heavy atom. The fraction of sp³-hybridized carbons (Fsp3) is 0.600. The fourth-order valence-electron chi connectivity index (χ4n) is 3.31. The lowest BCUT2D eigenvalue weighted by atomic mass is 10.0. The molecule has 1 aromatic rings. The highest BCUT2D eigenvalue weighted by atomic mass is 32.2. The van der Waals surface area contributed by atoms with Gasteiger partial charge in [-0.1, -0.05) is 0 Å². The molecule has 2 aliphatic rings. The summed E-state index contributed by atoms with van der Waals surface area (Å²) in [6, 6.07) is 4.84. The third-order valence-corrected chi connectivity index (χ3v) is 6.30. The van der Waals surface area contributed by atoms with E-state index < -0.39 is 15.8 Å². The standard InChI is InChI=1S/C15H20FNO4S/c1-20-10-12-4-7-14-15(21-12)8-9-17(14)22(18,19)13-5-2-11(16)3-6-13/h2-3,5-6,12,14-15H,4,7-10H2,1H3/t12-,14-,15-/m0/s1. The molecule has 3 atom stereocenters. The molecule has 2 heterocycles. The first-order chi connectivity index (χ1) is 10.5. The number of ether oxygens (including phenoxy) is 2. The van der Waals surface area contributed by atoms with Crippen LogP contribution in [-0.2, 0) is 19.5 Å². The SMILES string of the molecule is COC[C@@H]1CC[C@H]2[C@H](CCN2S(=O)(=O)c2ccc(F)cc2)O1. The average molecular weight is 329 g/mol. The number of benzene rings is 1. The molecule has 7 heteroatoms. The van der Waals surface area contributed by atoms with E-state index in [0.29, 0.717) is 19.6 Å². The van der Waals surface area contributed by atoms with Crippen molar-refractivity contribution in [2.75, 3.05) is 20.3 Å². The molecule has 0 amide bonds. The Morgan fingerprint density at radius 3 is 2.68 bits per heavy atom. The largest absolute Gasteiger partial charge is 0.382 e. The van der Waals surface area contributed by atoms with Gasteiger partial charge in [-0.3, -0.25) is 0 Å². The number of hydrogen-bond acceptors (Lipinski definition) is 4. The summed E-state index contributed by atoms with van der Waals surface area (Å²) in [4.78, 5) is 0.133. The van der Waals surface area contributed by atoms with Crippen LogP contribution in [0.4, 0.5) is 4.39 Å². The number of hydrogen-bond donors (Lipinski definition) is 0. The van der Waals surface area contributed by atoms with Gasteiger partial charge in [-0.25, -0.2) is 12.8 Å². The van der Waals surface area contributed by atoms with Crippen LogP contribution in [-0.4, -0.2) is 51.2 Å². The Morgan fingerprint density at radius 1 is 1.27 bits per heavy atom. The van der Waals surface area contributed by atoms with Crippen molar-refractivity contribution in [3.8, 4) is 0 Å². The van der Waals surface area contributed by atoms with Gasteiger partial charge in [0.2, 0.25) is 10.0 Å². The summed E-state index contributed by atoms with van der Waals surface area (Å²) in [7, 11) is -1.97. The highest BCUT2D eigenvalue weighted by molar-refractivity contribution is 7.89. The van der Waals surface area contributed by atoms with Gasteiger partial charge in [0.25, 0.3) is 0 Å². The van der Waals surface area contributed by atoms with E-state index in [1.54, 1.807) is 7.11 Å². The molecule has 0 aliphatic carbocycles. The van der Waals surface area contributed by atoms with Crippen molar-refractivity contribution < 1.29 is 22.3 Å². The molecule has 0 bridgehead atoms. The molecule has 0 spiro atoms. The Labute approximate surface area is 130 Å². The Hall–Kier alpha value is -1.02. The Balaban J connectivity index is 1.77. The van der Waals surface area contributed by atoms with E-state index in [1.165, 1.54) is 28.6 Å². The quantitative estimate of drug-likeness (QED) is 0.845.